The smallest absolute Gasteiger partial charge is 0.343 e. The molecule has 0 radical (unpaired) electrons. The first kappa shape index (κ1) is 13.1. The zero-order valence-electron chi connectivity index (χ0n) is 11.4. The van der Waals surface area contributed by atoms with Gasteiger partial charge in [-0.05, 0) is 43.3 Å². The third kappa shape index (κ3) is 2.81. The Balaban J connectivity index is 1.76. The first-order valence-corrected chi connectivity index (χ1v) is 6.49. The highest BCUT2D eigenvalue weighted by Gasteiger charge is 2.08. The Hall–Kier alpha value is -2.95. The molecule has 1 aromatic heterocycles. The summed E-state index contributed by atoms with van der Waals surface area (Å²) < 4.78 is 7.03. The van der Waals surface area contributed by atoms with E-state index in [1.165, 1.54) is 0 Å². The van der Waals surface area contributed by atoms with Crippen LogP contribution in [0.5, 0.6) is 5.75 Å². The van der Waals surface area contributed by atoms with Gasteiger partial charge < -0.3 is 4.74 Å². The van der Waals surface area contributed by atoms with Gasteiger partial charge in [-0.25, -0.2) is 9.48 Å². The number of nitrogens with zero attached hydrogens (tertiary/aromatic N) is 3. The molecule has 21 heavy (non-hydrogen) atoms. The molecule has 5 nitrogen and oxygen atoms in total. The maximum absolute atomic E-state index is 11.9. The third-order valence-corrected chi connectivity index (χ3v) is 3.02. The fourth-order valence-corrected chi connectivity index (χ4v) is 1.94. The third-order valence-electron chi connectivity index (χ3n) is 3.02. The molecule has 5 heteroatoms. The van der Waals surface area contributed by atoms with E-state index in [0.717, 1.165) is 11.4 Å². The number of aromatic nitrogens is 3. The van der Waals surface area contributed by atoms with Crippen LogP contribution in [0.2, 0.25) is 0 Å². The van der Waals surface area contributed by atoms with Gasteiger partial charge in [0.25, 0.3) is 0 Å². The Kier molecular flexibility index (Phi) is 3.47. The summed E-state index contributed by atoms with van der Waals surface area (Å²) in [6.07, 6.45) is 1.68. The minimum atomic E-state index is -0.375. The van der Waals surface area contributed by atoms with Gasteiger partial charge in [-0.3, -0.25) is 0 Å². The van der Waals surface area contributed by atoms with Gasteiger partial charge in [-0.15, -0.1) is 5.10 Å². The summed E-state index contributed by atoms with van der Waals surface area (Å²) in [5, 5.41) is 7.82. The molecular weight excluding hydrogens is 266 g/mol. The van der Waals surface area contributed by atoms with E-state index >= 15 is 0 Å². The zero-order chi connectivity index (χ0) is 14.7. The van der Waals surface area contributed by atoms with Gasteiger partial charge in [0.05, 0.1) is 23.1 Å². The SMILES string of the molecule is Cc1cnnn1-c1ccc(OC(=O)c2ccccc2)cc1. The summed E-state index contributed by atoms with van der Waals surface area (Å²) in [6.45, 7) is 1.92. The Morgan fingerprint density at radius 3 is 2.38 bits per heavy atom. The molecule has 1 heterocycles. The summed E-state index contributed by atoms with van der Waals surface area (Å²) in [4.78, 5) is 11.9. The van der Waals surface area contributed by atoms with E-state index in [1.807, 2.05) is 25.1 Å². The number of hydrogen-bond acceptors (Lipinski definition) is 4. The fraction of sp³-hybridized carbons (Fsp3) is 0.0625. The number of aryl methyl sites for hydroxylation is 1. The summed E-state index contributed by atoms with van der Waals surface area (Å²) in [7, 11) is 0. The number of esters is 1. The molecule has 0 spiro atoms. The van der Waals surface area contributed by atoms with Crippen molar-refractivity contribution >= 4 is 5.97 Å². The first-order valence-electron chi connectivity index (χ1n) is 6.49. The average molecular weight is 279 g/mol. The molecule has 0 amide bonds. The van der Waals surface area contributed by atoms with Crippen molar-refractivity contribution in [1.82, 2.24) is 15.0 Å². The maximum atomic E-state index is 11.9. The highest BCUT2D eigenvalue weighted by molar-refractivity contribution is 5.90. The van der Waals surface area contributed by atoms with Gasteiger partial charge in [0.15, 0.2) is 0 Å². The van der Waals surface area contributed by atoms with Crippen molar-refractivity contribution in [3.05, 3.63) is 72.1 Å². The van der Waals surface area contributed by atoms with Crippen molar-refractivity contribution in [2.45, 2.75) is 6.92 Å². The average Bonchev–Trinajstić information content (AvgIpc) is 2.95. The number of benzene rings is 2. The minimum Gasteiger partial charge on any atom is -0.423 e. The van der Waals surface area contributed by atoms with Crippen molar-refractivity contribution in [1.29, 1.82) is 0 Å². The van der Waals surface area contributed by atoms with Crippen LogP contribution in [0.3, 0.4) is 0 Å². The molecule has 0 bridgehead atoms. The molecule has 0 fully saturated rings. The van der Waals surface area contributed by atoms with Gasteiger partial charge in [-0.1, -0.05) is 23.4 Å². The molecule has 2 aromatic carbocycles. The van der Waals surface area contributed by atoms with Gasteiger partial charge in [0.2, 0.25) is 0 Å². The van der Waals surface area contributed by atoms with Gasteiger partial charge >= 0.3 is 5.97 Å². The molecule has 0 aliphatic carbocycles. The lowest BCUT2D eigenvalue weighted by molar-refractivity contribution is 0.0735. The predicted octanol–water partition coefficient (Wildman–Crippen LogP) is 2.79. The Labute approximate surface area is 121 Å². The number of carbonyl (C=O) groups is 1. The van der Waals surface area contributed by atoms with E-state index in [4.69, 9.17) is 4.74 Å². The predicted molar refractivity (Wildman–Crippen MR) is 77.5 cm³/mol. The molecule has 0 saturated carbocycles. The molecular formula is C16H13N3O2. The van der Waals surface area contributed by atoms with Crippen molar-refractivity contribution in [3.8, 4) is 11.4 Å². The van der Waals surface area contributed by atoms with Crippen molar-refractivity contribution in [2.24, 2.45) is 0 Å². The van der Waals surface area contributed by atoms with E-state index in [0.29, 0.717) is 11.3 Å². The molecule has 0 N–H and O–H groups in total. The quantitative estimate of drug-likeness (QED) is 0.546. The summed E-state index contributed by atoms with van der Waals surface area (Å²) in [5.41, 5.74) is 2.32. The van der Waals surface area contributed by atoms with Crippen LogP contribution in [-0.4, -0.2) is 21.0 Å². The second kappa shape index (κ2) is 5.58. The lowest BCUT2D eigenvalue weighted by Crippen LogP contribution is -2.08. The number of rotatable bonds is 3. The fourth-order valence-electron chi connectivity index (χ4n) is 1.94. The van der Waals surface area contributed by atoms with E-state index < -0.39 is 0 Å². The second-order valence-electron chi connectivity index (χ2n) is 4.54. The second-order valence-corrected chi connectivity index (χ2v) is 4.54. The normalized spacial score (nSPS) is 10.3. The number of carbonyl (C=O) groups excluding carboxylic acids is 1. The van der Waals surface area contributed by atoms with E-state index in [2.05, 4.69) is 10.3 Å². The maximum Gasteiger partial charge on any atom is 0.343 e. The van der Waals surface area contributed by atoms with Crippen LogP contribution < -0.4 is 4.74 Å². The monoisotopic (exact) mass is 279 g/mol. The van der Waals surface area contributed by atoms with Crippen LogP contribution in [0.15, 0.2) is 60.8 Å². The lowest BCUT2D eigenvalue weighted by atomic mass is 10.2. The Bertz CT molecular complexity index is 749. The van der Waals surface area contributed by atoms with Gasteiger partial charge in [-0.2, -0.15) is 0 Å². The molecule has 0 aliphatic rings. The highest BCUT2D eigenvalue weighted by Crippen LogP contribution is 2.17. The van der Waals surface area contributed by atoms with Gasteiger partial charge in [0.1, 0.15) is 5.75 Å². The molecule has 0 atom stereocenters. The number of ether oxygens (including phenoxy) is 1. The van der Waals surface area contributed by atoms with Crippen LogP contribution in [0, 0.1) is 6.92 Å². The van der Waals surface area contributed by atoms with Crippen LogP contribution in [-0.2, 0) is 0 Å². The van der Waals surface area contributed by atoms with E-state index in [9.17, 15) is 4.79 Å². The van der Waals surface area contributed by atoms with Crippen molar-refractivity contribution in [2.75, 3.05) is 0 Å². The molecule has 104 valence electrons. The topological polar surface area (TPSA) is 57.0 Å². The molecule has 3 rings (SSSR count). The summed E-state index contributed by atoms with van der Waals surface area (Å²) in [5.74, 6) is 0.116. The molecule has 3 aromatic rings. The van der Waals surface area contributed by atoms with E-state index in [-0.39, 0.29) is 5.97 Å². The largest absolute Gasteiger partial charge is 0.423 e. The summed E-state index contributed by atoms with van der Waals surface area (Å²) >= 11 is 0. The van der Waals surface area contributed by atoms with Crippen LogP contribution >= 0.6 is 0 Å². The summed E-state index contributed by atoms with van der Waals surface area (Å²) in [6, 6.07) is 16.0. The highest BCUT2D eigenvalue weighted by atomic mass is 16.5. The molecule has 0 aliphatic heterocycles. The zero-order valence-corrected chi connectivity index (χ0v) is 11.4. The van der Waals surface area contributed by atoms with Crippen molar-refractivity contribution in [3.63, 3.8) is 0 Å². The lowest BCUT2D eigenvalue weighted by Gasteiger charge is -2.06. The first-order chi connectivity index (χ1) is 10.2. The van der Waals surface area contributed by atoms with Gasteiger partial charge in [0, 0.05) is 0 Å². The molecule has 0 saturated heterocycles. The van der Waals surface area contributed by atoms with Crippen molar-refractivity contribution < 1.29 is 9.53 Å². The minimum absolute atomic E-state index is 0.375. The Morgan fingerprint density at radius 1 is 1.05 bits per heavy atom. The molecule has 0 unspecified atom stereocenters. The number of hydrogen-bond donors (Lipinski definition) is 0. The van der Waals surface area contributed by atoms with Crippen LogP contribution in [0.25, 0.3) is 5.69 Å². The van der Waals surface area contributed by atoms with Crippen LogP contribution in [0.4, 0.5) is 0 Å². The standard InChI is InChI=1S/C16H13N3O2/c1-12-11-17-18-19(12)14-7-9-15(10-8-14)21-16(20)13-5-3-2-4-6-13/h2-11H,1H3. The van der Waals surface area contributed by atoms with Crippen LogP contribution in [0.1, 0.15) is 16.1 Å². The Morgan fingerprint density at radius 2 is 1.76 bits per heavy atom. The van der Waals surface area contributed by atoms with E-state index in [1.54, 1.807) is 47.3 Å².